The van der Waals surface area contributed by atoms with E-state index in [1.54, 1.807) is 11.1 Å². The number of amides is 1. The summed E-state index contributed by atoms with van der Waals surface area (Å²) in [4.78, 5) is 23.5. The zero-order valence-corrected chi connectivity index (χ0v) is 16.6. The van der Waals surface area contributed by atoms with Gasteiger partial charge in [0.15, 0.2) is 5.65 Å². The molecule has 4 rings (SSSR count). The molecule has 0 unspecified atom stereocenters. The highest BCUT2D eigenvalue weighted by molar-refractivity contribution is 5.94. The number of imidazole rings is 1. The summed E-state index contributed by atoms with van der Waals surface area (Å²) in [5.74, 6) is -0.125. The minimum atomic E-state index is -0.690. The molecule has 0 aliphatic carbocycles. The van der Waals surface area contributed by atoms with Crippen LogP contribution in [0.25, 0.3) is 11.2 Å². The smallest absolute Gasteiger partial charge is 0.256 e. The summed E-state index contributed by atoms with van der Waals surface area (Å²) in [7, 11) is 0. The minimum Gasteiger partial charge on any atom is -0.338 e. The zero-order valence-electron chi connectivity index (χ0n) is 16.6. The highest BCUT2D eigenvalue weighted by Crippen LogP contribution is 2.25. The van der Waals surface area contributed by atoms with Gasteiger partial charge in [-0.1, -0.05) is 13.8 Å². The maximum absolute atomic E-state index is 14.0. The van der Waals surface area contributed by atoms with Crippen molar-refractivity contribution in [1.82, 2.24) is 19.4 Å². The number of hydrogen-bond donors (Lipinski definition) is 0. The molecule has 1 fully saturated rings. The zero-order chi connectivity index (χ0) is 20.5. The molecule has 0 bridgehead atoms. The lowest BCUT2D eigenvalue weighted by Gasteiger charge is -2.17. The third-order valence-electron chi connectivity index (χ3n) is 5.33. The van der Waals surface area contributed by atoms with Crippen molar-refractivity contribution < 1.29 is 13.6 Å². The third-order valence-corrected chi connectivity index (χ3v) is 5.33. The van der Waals surface area contributed by atoms with Crippen molar-refractivity contribution in [3.63, 3.8) is 0 Å². The summed E-state index contributed by atoms with van der Waals surface area (Å²) in [5, 5.41) is 0. The number of pyridine rings is 1. The van der Waals surface area contributed by atoms with Crippen molar-refractivity contribution in [2.75, 3.05) is 13.1 Å². The Morgan fingerprint density at radius 2 is 2.10 bits per heavy atom. The first-order valence-electron chi connectivity index (χ1n) is 9.97. The van der Waals surface area contributed by atoms with Crippen LogP contribution in [0, 0.1) is 23.5 Å². The Morgan fingerprint density at radius 3 is 2.90 bits per heavy atom. The Hall–Kier alpha value is -2.83. The molecule has 3 heterocycles. The fourth-order valence-corrected chi connectivity index (χ4v) is 3.99. The topological polar surface area (TPSA) is 51.0 Å². The van der Waals surface area contributed by atoms with Crippen LogP contribution in [0.3, 0.4) is 0 Å². The predicted octanol–water partition coefficient (Wildman–Crippen LogP) is 4.07. The largest absolute Gasteiger partial charge is 0.338 e. The first kappa shape index (κ1) is 19.5. The van der Waals surface area contributed by atoms with Crippen LogP contribution in [-0.4, -0.2) is 38.4 Å². The monoisotopic (exact) mass is 398 g/mol. The van der Waals surface area contributed by atoms with Gasteiger partial charge in [0, 0.05) is 32.3 Å². The quantitative estimate of drug-likeness (QED) is 0.651. The third kappa shape index (κ3) is 3.99. The van der Waals surface area contributed by atoms with Gasteiger partial charge in [-0.25, -0.2) is 18.7 Å². The Kier molecular flexibility index (Phi) is 5.30. The second-order valence-electron chi connectivity index (χ2n) is 8.11. The highest BCUT2D eigenvalue weighted by Gasteiger charge is 2.30. The van der Waals surface area contributed by atoms with Crippen molar-refractivity contribution in [2.24, 2.45) is 11.8 Å². The molecule has 152 valence electrons. The Balaban J connectivity index is 1.52. The van der Waals surface area contributed by atoms with E-state index in [2.05, 4.69) is 23.4 Å². The van der Waals surface area contributed by atoms with E-state index in [-0.39, 0.29) is 11.5 Å². The van der Waals surface area contributed by atoms with Gasteiger partial charge in [-0.3, -0.25) is 4.79 Å². The van der Waals surface area contributed by atoms with Gasteiger partial charge in [-0.05, 0) is 48.6 Å². The molecule has 0 radical (unpaired) electrons. The second-order valence-corrected chi connectivity index (χ2v) is 8.11. The van der Waals surface area contributed by atoms with Crippen LogP contribution in [-0.2, 0) is 13.0 Å². The van der Waals surface area contributed by atoms with Gasteiger partial charge in [0.1, 0.15) is 23.0 Å². The maximum atomic E-state index is 14.0. The van der Waals surface area contributed by atoms with Crippen LogP contribution < -0.4 is 0 Å². The first-order chi connectivity index (χ1) is 13.9. The summed E-state index contributed by atoms with van der Waals surface area (Å²) >= 11 is 0. The van der Waals surface area contributed by atoms with E-state index < -0.39 is 17.5 Å². The molecule has 2 aromatic heterocycles. The summed E-state index contributed by atoms with van der Waals surface area (Å²) < 4.78 is 29.6. The SMILES string of the molecule is CC(C)Cn1c(C[C@@H]2CCN(C(=O)c3cc(F)ccc3F)C2)nc2cccnc21. The van der Waals surface area contributed by atoms with E-state index in [4.69, 9.17) is 4.98 Å². The van der Waals surface area contributed by atoms with Crippen molar-refractivity contribution in [1.29, 1.82) is 0 Å². The van der Waals surface area contributed by atoms with Crippen LogP contribution >= 0.6 is 0 Å². The van der Waals surface area contributed by atoms with E-state index in [9.17, 15) is 13.6 Å². The number of fused-ring (bicyclic) bond motifs is 1. The molecule has 0 spiro atoms. The van der Waals surface area contributed by atoms with Crippen molar-refractivity contribution in [3.05, 3.63) is 59.6 Å². The van der Waals surface area contributed by atoms with Crippen LogP contribution in [0.4, 0.5) is 8.78 Å². The predicted molar refractivity (Wildman–Crippen MR) is 106 cm³/mol. The van der Waals surface area contributed by atoms with E-state index in [0.29, 0.717) is 19.0 Å². The minimum absolute atomic E-state index is 0.207. The second kappa shape index (κ2) is 7.89. The summed E-state index contributed by atoms with van der Waals surface area (Å²) in [6.45, 7) is 6.17. The molecule has 1 atom stereocenters. The Bertz CT molecular complexity index is 1050. The summed E-state index contributed by atoms with van der Waals surface area (Å²) in [5.41, 5.74) is 1.54. The number of carbonyl (C=O) groups is 1. The average molecular weight is 398 g/mol. The first-order valence-corrected chi connectivity index (χ1v) is 9.97. The Labute approximate surface area is 168 Å². The number of hydrogen-bond acceptors (Lipinski definition) is 3. The summed E-state index contributed by atoms with van der Waals surface area (Å²) in [6, 6.07) is 6.82. The molecule has 1 aromatic carbocycles. The van der Waals surface area contributed by atoms with E-state index in [0.717, 1.165) is 54.6 Å². The molecule has 5 nitrogen and oxygen atoms in total. The number of benzene rings is 1. The van der Waals surface area contributed by atoms with Gasteiger partial charge in [-0.2, -0.15) is 0 Å². The molecular formula is C22H24F2N4O. The van der Waals surface area contributed by atoms with Gasteiger partial charge in [-0.15, -0.1) is 0 Å². The van der Waals surface area contributed by atoms with Crippen LogP contribution in [0.5, 0.6) is 0 Å². The van der Waals surface area contributed by atoms with Gasteiger partial charge in [0.25, 0.3) is 5.91 Å². The number of aromatic nitrogens is 3. The normalized spacial score (nSPS) is 16.9. The molecule has 1 amide bonds. The van der Waals surface area contributed by atoms with E-state index in [1.807, 2.05) is 12.1 Å². The van der Waals surface area contributed by atoms with Crippen LogP contribution in [0.2, 0.25) is 0 Å². The molecule has 0 N–H and O–H groups in total. The molecule has 0 saturated carbocycles. The van der Waals surface area contributed by atoms with Gasteiger partial charge < -0.3 is 9.47 Å². The summed E-state index contributed by atoms with van der Waals surface area (Å²) in [6.07, 6.45) is 3.30. The average Bonchev–Trinajstić information content (AvgIpc) is 3.28. The number of halogens is 2. The van der Waals surface area contributed by atoms with Crippen LogP contribution in [0.15, 0.2) is 36.5 Å². The molecule has 1 saturated heterocycles. The molecule has 3 aromatic rings. The van der Waals surface area contributed by atoms with Crippen molar-refractivity contribution in [3.8, 4) is 0 Å². The van der Waals surface area contributed by atoms with Gasteiger partial charge >= 0.3 is 0 Å². The fraction of sp³-hybridized carbons (Fsp3) is 0.409. The lowest BCUT2D eigenvalue weighted by atomic mass is 10.0. The van der Waals surface area contributed by atoms with E-state index >= 15 is 0 Å². The number of nitrogens with zero attached hydrogens (tertiary/aromatic N) is 4. The van der Waals surface area contributed by atoms with Gasteiger partial charge in [0.05, 0.1) is 5.56 Å². The van der Waals surface area contributed by atoms with Crippen LogP contribution in [0.1, 0.15) is 36.5 Å². The lowest BCUT2D eigenvalue weighted by Crippen LogP contribution is -2.30. The number of carbonyl (C=O) groups excluding carboxylic acids is 1. The number of rotatable bonds is 5. The Morgan fingerprint density at radius 1 is 1.28 bits per heavy atom. The maximum Gasteiger partial charge on any atom is 0.256 e. The fourth-order valence-electron chi connectivity index (χ4n) is 3.99. The standard InChI is InChI=1S/C22H24F2N4O/c1-14(2)12-28-20(26-19-4-3-8-25-21(19)28)10-15-7-9-27(13-15)22(29)17-11-16(23)5-6-18(17)24/h3-6,8,11,14-15H,7,9-10,12-13H2,1-2H3/t15-/m0/s1. The molecule has 1 aliphatic heterocycles. The van der Waals surface area contributed by atoms with Gasteiger partial charge in [0.2, 0.25) is 0 Å². The number of likely N-dealkylation sites (tertiary alicyclic amines) is 1. The van der Waals surface area contributed by atoms with Crippen molar-refractivity contribution >= 4 is 17.1 Å². The molecular weight excluding hydrogens is 374 g/mol. The van der Waals surface area contributed by atoms with Crippen molar-refractivity contribution in [2.45, 2.75) is 33.2 Å². The molecule has 29 heavy (non-hydrogen) atoms. The lowest BCUT2D eigenvalue weighted by molar-refractivity contribution is 0.0781. The highest BCUT2D eigenvalue weighted by atomic mass is 19.1. The molecule has 7 heteroatoms. The molecule has 1 aliphatic rings. The van der Waals surface area contributed by atoms with E-state index in [1.165, 1.54) is 0 Å².